The monoisotopic (exact) mass is 271 g/mol. The van der Waals surface area contributed by atoms with Crippen molar-refractivity contribution in [3.8, 4) is 6.07 Å². The van der Waals surface area contributed by atoms with Gasteiger partial charge in [-0.15, -0.1) is 0 Å². The van der Waals surface area contributed by atoms with Gasteiger partial charge >= 0.3 is 0 Å². The highest BCUT2D eigenvalue weighted by Crippen LogP contribution is 2.33. The fourth-order valence-electron chi connectivity index (χ4n) is 2.79. The Bertz CT molecular complexity index is 546. The van der Waals surface area contributed by atoms with Crippen LogP contribution in [0.3, 0.4) is 0 Å². The summed E-state index contributed by atoms with van der Waals surface area (Å²) in [4.78, 5) is 16.1. The van der Waals surface area contributed by atoms with E-state index in [-0.39, 0.29) is 11.8 Å². The third-order valence-electron chi connectivity index (χ3n) is 3.83. The summed E-state index contributed by atoms with van der Waals surface area (Å²) in [5.74, 6) is -0.155. The minimum Gasteiger partial charge on any atom is -0.378 e. The molecular weight excluding hydrogens is 254 g/mol. The predicted octanol–water partition coefficient (Wildman–Crippen LogP) is 1.40. The first-order chi connectivity index (χ1) is 9.79. The summed E-state index contributed by atoms with van der Waals surface area (Å²) in [5, 5.41) is 9.01. The van der Waals surface area contributed by atoms with Crippen molar-refractivity contribution in [3.05, 3.63) is 24.3 Å². The Kier molecular flexibility index (Phi) is 3.57. The summed E-state index contributed by atoms with van der Waals surface area (Å²) < 4.78 is 5.38. The molecule has 0 aromatic heterocycles. The van der Waals surface area contributed by atoms with Crippen molar-refractivity contribution in [2.75, 3.05) is 42.6 Å². The van der Waals surface area contributed by atoms with Crippen LogP contribution in [0, 0.1) is 17.2 Å². The summed E-state index contributed by atoms with van der Waals surface area (Å²) >= 11 is 0. The third kappa shape index (κ3) is 2.35. The van der Waals surface area contributed by atoms with Gasteiger partial charge in [0, 0.05) is 26.1 Å². The molecule has 1 aromatic rings. The van der Waals surface area contributed by atoms with E-state index in [1.807, 2.05) is 24.3 Å². The van der Waals surface area contributed by atoms with Crippen LogP contribution in [0.5, 0.6) is 0 Å². The SMILES string of the molecule is N#CC1CC(=O)N(c2ccccc2N2CCOCC2)C1. The number of hydrogen-bond acceptors (Lipinski definition) is 4. The normalized spacial score (nSPS) is 22.9. The molecule has 3 rings (SSSR count). The quantitative estimate of drug-likeness (QED) is 0.816. The number of benzene rings is 1. The number of para-hydroxylation sites is 2. The molecule has 104 valence electrons. The van der Waals surface area contributed by atoms with Gasteiger partial charge in [0.2, 0.25) is 5.91 Å². The van der Waals surface area contributed by atoms with E-state index in [0.29, 0.717) is 26.2 Å². The van der Waals surface area contributed by atoms with E-state index in [1.54, 1.807) is 4.90 Å². The molecule has 0 N–H and O–H groups in total. The van der Waals surface area contributed by atoms with Crippen LogP contribution in [0.25, 0.3) is 0 Å². The fraction of sp³-hybridized carbons (Fsp3) is 0.467. The Morgan fingerprint density at radius 1 is 1.20 bits per heavy atom. The van der Waals surface area contributed by atoms with Crippen LogP contribution in [-0.4, -0.2) is 38.8 Å². The van der Waals surface area contributed by atoms with Crippen molar-refractivity contribution in [2.24, 2.45) is 5.92 Å². The van der Waals surface area contributed by atoms with E-state index in [1.165, 1.54) is 0 Å². The maximum atomic E-state index is 12.1. The van der Waals surface area contributed by atoms with Gasteiger partial charge in [-0.1, -0.05) is 12.1 Å². The van der Waals surface area contributed by atoms with Crippen LogP contribution in [0.1, 0.15) is 6.42 Å². The van der Waals surface area contributed by atoms with Gasteiger partial charge in [-0.25, -0.2) is 0 Å². The zero-order chi connectivity index (χ0) is 13.9. The molecule has 0 radical (unpaired) electrons. The van der Waals surface area contributed by atoms with Crippen molar-refractivity contribution in [1.29, 1.82) is 5.26 Å². The molecule has 1 aromatic carbocycles. The molecule has 5 nitrogen and oxygen atoms in total. The lowest BCUT2D eigenvalue weighted by Gasteiger charge is -2.32. The van der Waals surface area contributed by atoms with Gasteiger partial charge in [-0.2, -0.15) is 5.26 Å². The molecule has 2 fully saturated rings. The van der Waals surface area contributed by atoms with E-state index >= 15 is 0 Å². The minimum atomic E-state index is -0.194. The highest BCUT2D eigenvalue weighted by atomic mass is 16.5. The Morgan fingerprint density at radius 2 is 1.90 bits per heavy atom. The lowest BCUT2D eigenvalue weighted by Crippen LogP contribution is -2.37. The summed E-state index contributed by atoms with van der Waals surface area (Å²) in [7, 11) is 0. The first kappa shape index (κ1) is 12.9. The average molecular weight is 271 g/mol. The van der Waals surface area contributed by atoms with E-state index in [0.717, 1.165) is 24.5 Å². The molecule has 0 aliphatic carbocycles. The maximum absolute atomic E-state index is 12.1. The van der Waals surface area contributed by atoms with Crippen LogP contribution in [0.15, 0.2) is 24.3 Å². The number of nitrogens with zero attached hydrogens (tertiary/aromatic N) is 3. The molecule has 1 amide bonds. The molecule has 2 saturated heterocycles. The Labute approximate surface area is 118 Å². The second kappa shape index (κ2) is 5.51. The van der Waals surface area contributed by atoms with E-state index in [4.69, 9.17) is 10.00 Å². The molecule has 1 unspecified atom stereocenters. The second-order valence-corrected chi connectivity index (χ2v) is 5.12. The van der Waals surface area contributed by atoms with Crippen LogP contribution in [-0.2, 0) is 9.53 Å². The average Bonchev–Trinajstić information content (AvgIpc) is 2.89. The third-order valence-corrected chi connectivity index (χ3v) is 3.83. The van der Waals surface area contributed by atoms with Gasteiger partial charge in [0.05, 0.1) is 36.6 Å². The molecule has 1 atom stereocenters. The highest BCUT2D eigenvalue weighted by molar-refractivity contribution is 5.99. The number of morpholine rings is 1. The summed E-state index contributed by atoms with van der Waals surface area (Å²) in [6.07, 6.45) is 0.327. The zero-order valence-corrected chi connectivity index (χ0v) is 11.3. The second-order valence-electron chi connectivity index (χ2n) is 5.12. The number of carbonyl (C=O) groups excluding carboxylic acids is 1. The number of anilines is 2. The smallest absolute Gasteiger partial charge is 0.228 e. The number of rotatable bonds is 2. The molecule has 0 bridgehead atoms. The topological polar surface area (TPSA) is 56.6 Å². The lowest BCUT2D eigenvalue weighted by atomic mass is 10.1. The molecule has 2 aliphatic heterocycles. The molecule has 2 aliphatic rings. The van der Waals surface area contributed by atoms with E-state index in [2.05, 4.69) is 11.0 Å². The number of hydrogen-bond donors (Lipinski definition) is 0. The molecule has 2 heterocycles. The minimum absolute atomic E-state index is 0.0391. The summed E-state index contributed by atoms with van der Waals surface area (Å²) in [5.41, 5.74) is 1.97. The standard InChI is InChI=1S/C15H17N3O2/c16-10-12-9-15(19)18(11-12)14-4-2-1-3-13(14)17-5-7-20-8-6-17/h1-4,12H,5-9,11H2. The van der Waals surface area contributed by atoms with Crippen LogP contribution in [0.4, 0.5) is 11.4 Å². The largest absolute Gasteiger partial charge is 0.378 e. The first-order valence-electron chi connectivity index (χ1n) is 6.91. The van der Waals surface area contributed by atoms with Gasteiger partial charge in [0.15, 0.2) is 0 Å². The molecule has 20 heavy (non-hydrogen) atoms. The first-order valence-corrected chi connectivity index (χ1v) is 6.91. The van der Waals surface area contributed by atoms with Gasteiger partial charge < -0.3 is 14.5 Å². The lowest BCUT2D eigenvalue weighted by molar-refractivity contribution is -0.117. The highest BCUT2D eigenvalue weighted by Gasteiger charge is 2.32. The Hall–Kier alpha value is -2.06. The fourth-order valence-corrected chi connectivity index (χ4v) is 2.79. The Balaban J connectivity index is 1.90. The van der Waals surface area contributed by atoms with Crippen molar-refractivity contribution >= 4 is 17.3 Å². The number of amides is 1. The number of ether oxygens (including phenoxy) is 1. The molecule has 0 spiro atoms. The summed E-state index contributed by atoms with van der Waals surface area (Å²) in [6, 6.07) is 10.1. The van der Waals surface area contributed by atoms with Crippen LogP contribution < -0.4 is 9.80 Å². The van der Waals surface area contributed by atoms with E-state index < -0.39 is 0 Å². The summed E-state index contributed by atoms with van der Waals surface area (Å²) in [6.45, 7) is 3.59. The van der Waals surface area contributed by atoms with Gasteiger partial charge in [-0.3, -0.25) is 4.79 Å². The maximum Gasteiger partial charge on any atom is 0.228 e. The van der Waals surface area contributed by atoms with Gasteiger partial charge in [0.1, 0.15) is 0 Å². The van der Waals surface area contributed by atoms with Crippen molar-refractivity contribution < 1.29 is 9.53 Å². The van der Waals surface area contributed by atoms with Crippen molar-refractivity contribution in [1.82, 2.24) is 0 Å². The van der Waals surface area contributed by atoms with Crippen LogP contribution in [0.2, 0.25) is 0 Å². The van der Waals surface area contributed by atoms with Gasteiger partial charge in [0.25, 0.3) is 0 Å². The molecule has 0 saturated carbocycles. The number of carbonyl (C=O) groups is 1. The number of nitriles is 1. The predicted molar refractivity (Wildman–Crippen MR) is 75.5 cm³/mol. The zero-order valence-electron chi connectivity index (χ0n) is 11.3. The van der Waals surface area contributed by atoms with E-state index in [9.17, 15) is 4.79 Å². The van der Waals surface area contributed by atoms with Crippen molar-refractivity contribution in [3.63, 3.8) is 0 Å². The van der Waals surface area contributed by atoms with Crippen molar-refractivity contribution in [2.45, 2.75) is 6.42 Å². The molecular formula is C15H17N3O2. The Morgan fingerprint density at radius 3 is 2.55 bits per heavy atom. The van der Waals surface area contributed by atoms with Gasteiger partial charge in [-0.05, 0) is 12.1 Å². The molecule has 5 heteroatoms. The van der Waals surface area contributed by atoms with Crippen LogP contribution >= 0.6 is 0 Å².